The topological polar surface area (TPSA) is 102 Å². The number of hydrogen-bond donors (Lipinski definition) is 1. The molecule has 1 aromatic heterocycles. The number of aromatic nitrogens is 2. The molecule has 0 bridgehead atoms. The SMILES string of the molecule is CC(=O)N1CCN(c2nc3c(c(N4CCCC4C(=O)NC4CCCCC4)n2)CN(C(C)C)C3=O)CC1. The van der Waals surface area contributed by atoms with Crippen LogP contribution < -0.4 is 15.1 Å². The Morgan fingerprint density at radius 2 is 1.67 bits per heavy atom. The van der Waals surface area contributed by atoms with Crippen LogP contribution in [0.2, 0.25) is 0 Å². The standard InChI is InChI=1S/C26H39N7O3/c1-17(2)33-16-20-22(25(33)36)28-26(31-14-12-30(13-15-31)18(3)34)29-23(20)32-11-7-10-21(32)24(35)27-19-8-5-4-6-9-19/h17,19,21H,4-16H2,1-3H3,(H,27,35). The first-order valence-electron chi connectivity index (χ1n) is 13.6. The Morgan fingerprint density at radius 3 is 2.33 bits per heavy atom. The third-order valence-corrected chi connectivity index (χ3v) is 8.18. The minimum absolute atomic E-state index is 0.0473. The van der Waals surface area contributed by atoms with Crippen molar-refractivity contribution in [1.82, 2.24) is 25.1 Å². The highest BCUT2D eigenvalue weighted by atomic mass is 16.2. The molecule has 10 heteroatoms. The molecule has 1 unspecified atom stereocenters. The van der Waals surface area contributed by atoms with Gasteiger partial charge in [-0.3, -0.25) is 14.4 Å². The second-order valence-electron chi connectivity index (χ2n) is 10.9. The maximum atomic E-state index is 13.4. The van der Waals surface area contributed by atoms with Crippen molar-refractivity contribution in [3.05, 3.63) is 11.3 Å². The average Bonchev–Trinajstić information content (AvgIpc) is 3.49. The number of fused-ring (bicyclic) bond motifs is 1. The summed E-state index contributed by atoms with van der Waals surface area (Å²) in [6.07, 6.45) is 7.39. The van der Waals surface area contributed by atoms with Crippen molar-refractivity contribution in [3.8, 4) is 0 Å². The summed E-state index contributed by atoms with van der Waals surface area (Å²) in [7, 11) is 0. The molecule has 0 aromatic carbocycles. The first-order valence-corrected chi connectivity index (χ1v) is 13.6. The van der Waals surface area contributed by atoms with Gasteiger partial charge in [-0.25, -0.2) is 4.98 Å². The molecule has 36 heavy (non-hydrogen) atoms. The molecule has 2 saturated heterocycles. The van der Waals surface area contributed by atoms with Gasteiger partial charge in [0.25, 0.3) is 5.91 Å². The normalized spacial score (nSPS) is 23.0. The number of hydrogen-bond acceptors (Lipinski definition) is 7. The van der Waals surface area contributed by atoms with E-state index in [-0.39, 0.29) is 35.8 Å². The zero-order valence-electron chi connectivity index (χ0n) is 21.8. The van der Waals surface area contributed by atoms with Crippen LogP contribution in [0.1, 0.15) is 81.8 Å². The third kappa shape index (κ3) is 4.74. The Kier molecular flexibility index (Phi) is 7.03. The molecule has 4 aliphatic rings. The first kappa shape index (κ1) is 24.8. The summed E-state index contributed by atoms with van der Waals surface area (Å²) in [5.74, 6) is 1.31. The summed E-state index contributed by atoms with van der Waals surface area (Å²) in [5.41, 5.74) is 1.29. The number of nitrogens with zero attached hydrogens (tertiary/aromatic N) is 6. The largest absolute Gasteiger partial charge is 0.352 e. The smallest absolute Gasteiger partial charge is 0.273 e. The molecule has 1 saturated carbocycles. The van der Waals surface area contributed by atoms with Crippen LogP contribution in [0, 0.1) is 0 Å². The van der Waals surface area contributed by atoms with Crippen LogP contribution in [0.4, 0.5) is 11.8 Å². The van der Waals surface area contributed by atoms with E-state index in [9.17, 15) is 14.4 Å². The van der Waals surface area contributed by atoms with Crippen LogP contribution in [0.25, 0.3) is 0 Å². The number of piperazine rings is 1. The van der Waals surface area contributed by atoms with Gasteiger partial charge in [0.1, 0.15) is 17.6 Å². The van der Waals surface area contributed by atoms with E-state index in [0.29, 0.717) is 44.4 Å². The zero-order chi connectivity index (χ0) is 25.4. The fraction of sp³-hybridized carbons (Fsp3) is 0.731. The van der Waals surface area contributed by atoms with Crippen LogP contribution in [-0.4, -0.2) is 88.3 Å². The molecule has 1 aromatic rings. The van der Waals surface area contributed by atoms with Gasteiger partial charge in [-0.2, -0.15) is 4.98 Å². The van der Waals surface area contributed by atoms with Crippen molar-refractivity contribution in [2.45, 2.75) is 90.4 Å². The lowest BCUT2D eigenvalue weighted by Crippen LogP contribution is -2.49. The molecule has 0 spiro atoms. The summed E-state index contributed by atoms with van der Waals surface area (Å²) in [6.45, 7) is 9.25. The molecule has 3 amide bonds. The highest BCUT2D eigenvalue weighted by Gasteiger charge is 2.40. The summed E-state index contributed by atoms with van der Waals surface area (Å²) in [5, 5.41) is 3.31. The van der Waals surface area contributed by atoms with Crippen molar-refractivity contribution < 1.29 is 14.4 Å². The quantitative estimate of drug-likeness (QED) is 0.663. The monoisotopic (exact) mass is 497 g/mol. The molecule has 10 nitrogen and oxygen atoms in total. The predicted molar refractivity (Wildman–Crippen MR) is 137 cm³/mol. The van der Waals surface area contributed by atoms with Gasteiger partial charge in [0, 0.05) is 57.3 Å². The molecular formula is C26H39N7O3. The highest BCUT2D eigenvalue weighted by Crippen LogP contribution is 2.36. The van der Waals surface area contributed by atoms with Crippen molar-refractivity contribution in [2.75, 3.05) is 42.5 Å². The first-order chi connectivity index (χ1) is 17.3. The maximum Gasteiger partial charge on any atom is 0.273 e. The van der Waals surface area contributed by atoms with E-state index >= 15 is 0 Å². The average molecular weight is 498 g/mol. The van der Waals surface area contributed by atoms with Gasteiger partial charge in [-0.05, 0) is 39.5 Å². The fourth-order valence-electron chi connectivity index (χ4n) is 6.02. The van der Waals surface area contributed by atoms with Gasteiger partial charge >= 0.3 is 0 Å². The number of anilines is 2. The Bertz CT molecular complexity index is 1020. The maximum absolute atomic E-state index is 13.4. The minimum Gasteiger partial charge on any atom is -0.352 e. The molecule has 5 rings (SSSR count). The fourth-order valence-corrected chi connectivity index (χ4v) is 6.02. The van der Waals surface area contributed by atoms with Gasteiger partial charge < -0.3 is 24.9 Å². The zero-order valence-corrected chi connectivity index (χ0v) is 21.8. The predicted octanol–water partition coefficient (Wildman–Crippen LogP) is 1.93. The number of carbonyl (C=O) groups is 3. The van der Waals surface area contributed by atoms with Crippen LogP contribution in [0.15, 0.2) is 0 Å². The number of amides is 3. The van der Waals surface area contributed by atoms with E-state index in [1.807, 2.05) is 23.6 Å². The van der Waals surface area contributed by atoms with E-state index in [2.05, 4.69) is 15.1 Å². The molecule has 4 heterocycles. The molecular weight excluding hydrogens is 458 g/mol. The van der Waals surface area contributed by atoms with E-state index in [1.165, 1.54) is 19.3 Å². The van der Waals surface area contributed by atoms with Gasteiger partial charge in [0.05, 0.1) is 6.54 Å². The van der Waals surface area contributed by atoms with Gasteiger partial charge in [-0.15, -0.1) is 0 Å². The van der Waals surface area contributed by atoms with Crippen molar-refractivity contribution in [2.24, 2.45) is 0 Å². The Morgan fingerprint density at radius 1 is 0.944 bits per heavy atom. The molecule has 3 aliphatic heterocycles. The van der Waals surface area contributed by atoms with E-state index in [1.54, 1.807) is 6.92 Å². The summed E-state index contributed by atoms with van der Waals surface area (Å²) < 4.78 is 0. The number of nitrogens with one attached hydrogen (secondary N) is 1. The van der Waals surface area contributed by atoms with Crippen molar-refractivity contribution >= 4 is 29.5 Å². The Balaban J connectivity index is 1.44. The van der Waals surface area contributed by atoms with E-state index < -0.39 is 0 Å². The number of rotatable bonds is 5. The minimum atomic E-state index is -0.281. The lowest BCUT2D eigenvalue weighted by atomic mass is 9.95. The molecule has 1 aliphatic carbocycles. The second-order valence-corrected chi connectivity index (χ2v) is 10.9. The van der Waals surface area contributed by atoms with Crippen LogP contribution in [0.3, 0.4) is 0 Å². The molecule has 0 radical (unpaired) electrons. The van der Waals surface area contributed by atoms with E-state index in [4.69, 9.17) is 9.97 Å². The summed E-state index contributed by atoms with van der Waals surface area (Å²) >= 11 is 0. The lowest BCUT2D eigenvalue weighted by Gasteiger charge is -2.35. The lowest BCUT2D eigenvalue weighted by molar-refractivity contribution is -0.129. The summed E-state index contributed by atoms with van der Waals surface area (Å²) in [4.78, 5) is 56.1. The molecule has 196 valence electrons. The van der Waals surface area contributed by atoms with Gasteiger partial charge in [0.15, 0.2) is 0 Å². The van der Waals surface area contributed by atoms with Crippen molar-refractivity contribution in [1.29, 1.82) is 0 Å². The Hall–Kier alpha value is -2.91. The van der Waals surface area contributed by atoms with Crippen molar-refractivity contribution in [3.63, 3.8) is 0 Å². The van der Waals surface area contributed by atoms with Gasteiger partial charge in [0.2, 0.25) is 17.8 Å². The molecule has 3 fully saturated rings. The van der Waals surface area contributed by atoms with Crippen LogP contribution >= 0.6 is 0 Å². The second kappa shape index (κ2) is 10.2. The highest BCUT2D eigenvalue weighted by molar-refractivity contribution is 5.99. The molecule has 1 atom stereocenters. The van der Waals surface area contributed by atoms with E-state index in [0.717, 1.165) is 43.6 Å². The van der Waals surface area contributed by atoms with Gasteiger partial charge in [-0.1, -0.05) is 19.3 Å². The summed E-state index contributed by atoms with van der Waals surface area (Å²) in [6, 6.07) is 0.0265. The third-order valence-electron chi connectivity index (χ3n) is 8.18. The van der Waals surface area contributed by atoms with Crippen LogP contribution in [0.5, 0.6) is 0 Å². The Labute approximate surface area is 213 Å². The van der Waals surface area contributed by atoms with Crippen LogP contribution in [-0.2, 0) is 16.1 Å². The number of carbonyl (C=O) groups excluding carboxylic acids is 3. The molecule has 1 N–H and O–H groups in total.